The molecule has 0 spiro atoms. The number of benzene rings is 1. The van der Waals surface area contributed by atoms with E-state index in [0.29, 0.717) is 22.5 Å². The fraction of sp³-hybridized carbons (Fsp3) is 0.500. The summed E-state index contributed by atoms with van der Waals surface area (Å²) in [5, 5.41) is 12.5. The van der Waals surface area contributed by atoms with E-state index in [1.165, 1.54) is 0 Å². The number of methoxy groups -OCH3 is 1. The Morgan fingerprint density at radius 2 is 2.00 bits per heavy atom. The van der Waals surface area contributed by atoms with Crippen molar-refractivity contribution in [1.82, 2.24) is 14.5 Å². The first-order valence-corrected chi connectivity index (χ1v) is 13.4. The highest BCUT2D eigenvalue weighted by molar-refractivity contribution is 5.91. The van der Waals surface area contributed by atoms with Gasteiger partial charge in [-0.1, -0.05) is 20.8 Å². The Balaban J connectivity index is -0.00000000228. The minimum atomic E-state index is -1.86. The van der Waals surface area contributed by atoms with Crippen molar-refractivity contribution >= 4 is 16.9 Å². The molecule has 2 aromatic heterocycles. The van der Waals surface area contributed by atoms with Crippen molar-refractivity contribution in [3.05, 3.63) is 56.4 Å². The minimum absolute atomic E-state index is 0. The first-order chi connectivity index (χ1) is 17.9. The lowest BCUT2D eigenvalue weighted by atomic mass is 9.82. The summed E-state index contributed by atoms with van der Waals surface area (Å²) in [5.41, 5.74) is 3.66. The summed E-state index contributed by atoms with van der Waals surface area (Å²) >= 11 is 0. The molecule has 2 aliphatic heterocycles. The zero-order valence-corrected chi connectivity index (χ0v) is 23.5. The molecule has 0 saturated heterocycles. The topological polar surface area (TPSA) is 93.9 Å². The average molecular weight is 703 g/mol. The van der Waals surface area contributed by atoms with E-state index in [2.05, 4.69) is 31.9 Å². The number of fused-ring (bicyclic) bond motifs is 5. The van der Waals surface area contributed by atoms with Gasteiger partial charge in [-0.3, -0.25) is 14.3 Å². The molecular weight excluding hydrogens is 482 g/mol. The highest BCUT2D eigenvalue weighted by Gasteiger charge is 2.47. The van der Waals surface area contributed by atoms with Crippen LogP contribution in [-0.4, -0.2) is 46.2 Å². The van der Waals surface area contributed by atoms with Crippen LogP contribution in [0.4, 0.5) is 0 Å². The van der Waals surface area contributed by atoms with E-state index < -0.39 is 11.6 Å². The zero-order chi connectivity index (χ0) is 27.7. The van der Waals surface area contributed by atoms with E-state index in [1.54, 1.807) is 17.7 Å². The predicted molar refractivity (Wildman–Crippen MR) is 339 cm³/mol. The second-order valence-electron chi connectivity index (χ2n) is 11.2. The average Bonchev–Trinajstić information content (AvgIpc) is 3.14. The summed E-state index contributed by atoms with van der Waals surface area (Å²) in [6, 6.07) is 5.75. The minimum Gasteiger partial charge on any atom is -0.496 e. The van der Waals surface area contributed by atoms with Crippen LogP contribution in [0.1, 0.15) is 211 Å². The molecule has 3 aromatic rings. The highest BCUT2D eigenvalue weighted by Crippen LogP contribution is 2.45. The summed E-state index contributed by atoms with van der Waals surface area (Å²) in [5.74, 6) is 0.154. The number of nitrogens with zero attached hydrogens (tertiary/aromatic N) is 3. The van der Waals surface area contributed by atoms with E-state index in [9.17, 15) is 14.7 Å². The maximum absolute atomic E-state index is 13.8. The maximum Gasteiger partial charge on any atom is 0.343 e. The molecule has 8 heteroatoms. The third-order valence-electron chi connectivity index (χ3n) is 8.37. The highest BCUT2D eigenvalue weighted by atomic mass is 16.6. The molecule has 0 bridgehead atoms. The van der Waals surface area contributed by atoms with Crippen molar-refractivity contribution < 1.29 is 149 Å². The molecule has 2 unspecified atom stereocenters. The van der Waals surface area contributed by atoms with Gasteiger partial charge in [-0.2, -0.15) is 0 Å². The molecular formula is C30H219N3O5. The van der Waals surface area contributed by atoms with Gasteiger partial charge >= 0.3 is 5.97 Å². The Labute approximate surface area is 358 Å². The van der Waals surface area contributed by atoms with Gasteiger partial charge in [0.15, 0.2) is 5.60 Å². The van der Waals surface area contributed by atoms with Gasteiger partial charge in [-0.25, -0.2) is 9.78 Å². The molecule has 0 fully saturated rings. The third-order valence-corrected chi connectivity index (χ3v) is 8.37. The Morgan fingerprint density at radius 3 is 2.63 bits per heavy atom. The molecule has 384 valence electrons. The lowest BCUT2D eigenvalue weighted by molar-refractivity contribution is -0.174. The number of rotatable bonds is 6. The SMILES string of the molecule is CCN(C)C(C)c1c(OC)c(C)cc2nc3c(cc12)C(C)n1c-3cc2c(c1=O)COC(=O)[C@]2(O)CC(C)C.[HH].[HH].[HH].[HH].[HH].[HH].[HH].[HH].[HH].[HH].[HH].[HH].[HH].[HH].[HH].[HH].[HH].[HH].[HH].[HH].[HH].[HH].[HH].[HH].[HH].[HH].[HH].[HH].[HH].[HH].[HH].[HH].[HH].[HH].[HH].[HH].[HH].[HH].[HH].[HH].[HH].[HH].[HH].[HH].[HH].[HH].[HH].[HH].[HH].[HH].[HH].[HH].[HH].[HH].[HH].[HH].[HH].[HH].[HH].[HH].[HH].[HH].[HH].[HH].[HH].[HH].[HH].[HH].[HH].[HH].[HH].[HH].[HH].[HH].[HH].[HH].[HH].[HH].[HH].[HH].[HH].[HH].[HH].[HH].[HH].[HH].[HH].[HH].[HH].[HH].[HH]. The predicted octanol–water partition coefficient (Wildman–Crippen LogP) is 27.0. The molecule has 1 N–H and O–H groups in total. The molecule has 0 aliphatic carbocycles. The number of ether oxygens (including phenoxy) is 2. The van der Waals surface area contributed by atoms with Gasteiger partial charge in [0.1, 0.15) is 12.4 Å². The monoisotopic (exact) mass is 703 g/mol. The second-order valence-corrected chi connectivity index (χ2v) is 11.2. The molecule has 0 radical (unpaired) electrons. The van der Waals surface area contributed by atoms with Crippen LogP contribution in [-0.2, 0) is 21.7 Å². The number of aliphatic hydroxyl groups is 1. The maximum atomic E-state index is 13.8. The van der Waals surface area contributed by atoms with Gasteiger partial charge in [0.25, 0.3) is 5.56 Å². The van der Waals surface area contributed by atoms with Gasteiger partial charge in [-0.15, -0.1) is 0 Å². The first-order valence-electron chi connectivity index (χ1n) is 13.4. The Morgan fingerprint density at radius 1 is 1.29 bits per heavy atom. The first kappa shape index (κ1) is 26.4. The lowest BCUT2D eigenvalue weighted by Crippen LogP contribution is -2.45. The van der Waals surface area contributed by atoms with Crippen LogP contribution in [0.25, 0.3) is 22.3 Å². The van der Waals surface area contributed by atoms with Gasteiger partial charge in [0.05, 0.1) is 35.6 Å². The van der Waals surface area contributed by atoms with Crippen LogP contribution in [0, 0.1) is 12.8 Å². The second kappa shape index (κ2) is 9.20. The van der Waals surface area contributed by atoms with Crippen LogP contribution in [0.2, 0.25) is 0 Å². The van der Waals surface area contributed by atoms with Crippen molar-refractivity contribution in [3.63, 3.8) is 0 Å². The number of aryl methyl sites for hydroxylation is 1. The van der Waals surface area contributed by atoms with Gasteiger partial charge < -0.3 is 14.6 Å². The fourth-order valence-corrected chi connectivity index (χ4v) is 6.21. The fourth-order valence-electron chi connectivity index (χ4n) is 6.21. The quantitative estimate of drug-likeness (QED) is 0.255. The smallest absolute Gasteiger partial charge is 0.343 e. The van der Waals surface area contributed by atoms with Crippen molar-refractivity contribution in [2.24, 2.45) is 5.92 Å². The number of carbonyl (C=O) groups is 1. The molecule has 1 aromatic carbocycles. The largest absolute Gasteiger partial charge is 0.496 e. The van der Waals surface area contributed by atoms with E-state index in [1.807, 2.05) is 33.8 Å². The molecule has 8 nitrogen and oxygen atoms in total. The number of pyridine rings is 2. The standard InChI is InChI=1S/C30H37N3O5.91H2/c1-9-32(7)18(6)25-20-11-19-17(5)33-24(26(19)31-23(20)10-16(4)27(25)37-8)12-22-21(28(33)34)14-38-29(35)30(22,36)13-15(2)3;;;;;;;;;;;;;;;;;;;;;;;;;;;;;;;;;;;;;;;;;;;;;;;;;;;;;;;;;;;;;;;;;;;;;;;;;;;;;;;;;;;;;;;;;;;/h10-12,15,17-18,36H,9,13-14H2,1-8H3;91*1H/t17?,18?,30-;;;;;;;;;;;;;;;;;;;;;;;;;;;;;;;;;;;;;;;;;;;;;;;;;;;;;;;;;;;;;;;;;;;;;;;;;;;;;;;;;;;;;;;;;;;/m0.........................................................................................../s1. The van der Waals surface area contributed by atoms with Gasteiger partial charge in [-0.05, 0) is 70.5 Å². The number of hydrogen-bond donors (Lipinski definition) is 1. The summed E-state index contributed by atoms with van der Waals surface area (Å²) in [6.07, 6.45) is 0.167. The summed E-state index contributed by atoms with van der Waals surface area (Å²) in [4.78, 5) is 34.0. The number of aromatic nitrogens is 2. The van der Waals surface area contributed by atoms with E-state index in [0.717, 1.165) is 39.9 Å². The Bertz CT molecular complexity index is 1640. The van der Waals surface area contributed by atoms with Gasteiger partial charge in [0.2, 0.25) is 0 Å². The number of cyclic esters (lactones) is 1. The van der Waals surface area contributed by atoms with Crippen LogP contribution in [0.3, 0.4) is 0 Å². The Hall–Kier alpha value is -3.23. The van der Waals surface area contributed by atoms with Crippen LogP contribution >= 0.6 is 0 Å². The third kappa shape index (κ3) is 3.68. The normalized spacial score (nSPS) is 20.9. The molecule has 5 rings (SSSR count). The van der Waals surface area contributed by atoms with Gasteiger partial charge in [0, 0.05) is 158 Å². The van der Waals surface area contributed by atoms with Crippen LogP contribution in [0.15, 0.2) is 23.0 Å². The summed E-state index contributed by atoms with van der Waals surface area (Å²) in [7, 11) is 3.78. The number of hydrogen-bond acceptors (Lipinski definition) is 7. The van der Waals surface area contributed by atoms with Crippen molar-refractivity contribution in [2.45, 2.75) is 72.3 Å². The summed E-state index contributed by atoms with van der Waals surface area (Å²) in [6.45, 7) is 12.9. The van der Waals surface area contributed by atoms with E-state index in [-0.39, 0.29) is 166 Å². The number of esters is 1. The molecule has 3 atom stereocenters. The van der Waals surface area contributed by atoms with Crippen LogP contribution in [0.5, 0.6) is 5.75 Å². The molecule has 0 saturated carbocycles. The molecule has 0 amide bonds. The van der Waals surface area contributed by atoms with Crippen molar-refractivity contribution in [2.75, 3.05) is 20.7 Å². The van der Waals surface area contributed by atoms with E-state index in [4.69, 9.17) is 14.5 Å². The van der Waals surface area contributed by atoms with Crippen molar-refractivity contribution in [3.8, 4) is 17.1 Å². The Kier molecular flexibility index (Phi) is 6.39. The molecule has 38 heavy (non-hydrogen) atoms. The molecule has 2 aliphatic rings. The zero-order valence-electron chi connectivity index (χ0n) is 23.5. The van der Waals surface area contributed by atoms with Crippen molar-refractivity contribution in [1.29, 1.82) is 0 Å². The lowest BCUT2D eigenvalue weighted by Gasteiger charge is -2.34. The van der Waals surface area contributed by atoms with Crippen LogP contribution < -0.4 is 10.3 Å². The summed E-state index contributed by atoms with van der Waals surface area (Å²) < 4.78 is 12.9. The number of carbonyl (C=O) groups excluding carboxylic acids is 1. The van der Waals surface area contributed by atoms with E-state index >= 15 is 0 Å². The molecule has 4 heterocycles.